The third-order valence-electron chi connectivity index (χ3n) is 2.04. The Morgan fingerprint density at radius 3 is 1.93 bits per heavy atom. The number of halogens is 1. The molecule has 0 bridgehead atoms. The number of carbonyl (C=O) groups is 1. The van der Waals surface area contributed by atoms with Crippen LogP contribution in [0.5, 0.6) is 0 Å². The van der Waals surface area contributed by atoms with Crippen LogP contribution in [0.4, 0.5) is 0 Å². The quantitative estimate of drug-likeness (QED) is 0.548. The molecular weight excluding hydrogens is 208 g/mol. The molecule has 0 saturated heterocycles. The standard InChI is InChI=1S/C13H13ClO/c1-3-5-10-7-11(6-4-2)9-12(8-10)13(14)15/h3-4,7-9H,1-2,5-6H2. The summed E-state index contributed by atoms with van der Waals surface area (Å²) in [4.78, 5) is 11.1. The van der Waals surface area contributed by atoms with Gasteiger partial charge >= 0.3 is 0 Å². The second-order valence-corrected chi connectivity index (χ2v) is 3.64. The summed E-state index contributed by atoms with van der Waals surface area (Å²) in [6.07, 6.45) is 5.08. The molecule has 15 heavy (non-hydrogen) atoms. The van der Waals surface area contributed by atoms with Gasteiger partial charge in [0.15, 0.2) is 0 Å². The van der Waals surface area contributed by atoms with Crippen molar-refractivity contribution in [3.05, 3.63) is 60.2 Å². The van der Waals surface area contributed by atoms with Gasteiger partial charge in [0, 0.05) is 5.56 Å². The summed E-state index contributed by atoms with van der Waals surface area (Å²) in [6.45, 7) is 7.34. The Labute approximate surface area is 95.1 Å². The first-order chi connectivity index (χ1) is 7.17. The molecule has 0 atom stereocenters. The fourth-order valence-electron chi connectivity index (χ4n) is 1.45. The molecule has 1 aromatic rings. The lowest BCUT2D eigenvalue weighted by Crippen LogP contribution is -1.95. The van der Waals surface area contributed by atoms with Crippen LogP contribution in [0.2, 0.25) is 0 Å². The van der Waals surface area contributed by atoms with Gasteiger partial charge in [0.25, 0.3) is 5.24 Å². The maximum atomic E-state index is 11.1. The second-order valence-electron chi connectivity index (χ2n) is 3.30. The van der Waals surface area contributed by atoms with Crippen molar-refractivity contribution in [3.8, 4) is 0 Å². The van der Waals surface area contributed by atoms with Gasteiger partial charge < -0.3 is 0 Å². The van der Waals surface area contributed by atoms with Crippen LogP contribution in [0.3, 0.4) is 0 Å². The molecule has 0 aliphatic heterocycles. The molecule has 0 N–H and O–H groups in total. The monoisotopic (exact) mass is 220 g/mol. The Kier molecular flexibility index (Phi) is 4.32. The summed E-state index contributed by atoms with van der Waals surface area (Å²) >= 11 is 5.46. The first-order valence-corrected chi connectivity index (χ1v) is 5.09. The predicted molar refractivity (Wildman–Crippen MR) is 64.4 cm³/mol. The van der Waals surface area contributed by atoms with Gasteiger partial charge in [0.2, 0.25) is 0 Å². The average Bonchev–Trinajstić information content (AvgIpc) is 2.18. The Balaban J connectivity index is 3.12. The molecule has 0 unspecified atom stereocenters. The molecular formula is C13H13ClO. The molecule has 1 nitrogen and oxygen atoms in total. The Hall–Kier alpha value is -1.34. The zero-order chi connectivity index (χ0) is 11.3. The highest BCUT2D eigenvalue weighted by atomic mass is 35.5. The van der Waals surface area contributed by atoms with Gasteiger partial charge in [0.1, 0.15) is 0 Å². The lowest BCUT2D eigenvalue weighted by Gasteiger charge is -2.04. The summed E-state index contributed by atoms with van der Waals surface area (Å²) in [5.41, 5.74) is 2.63. The van der Waals surface area contributed by atoms with Crippen LogP contribution >= 0.6 is 11.6 Å². The van der Waals surface area contributed by atoms with E-state index in [1.165, 1.54) is 0 Å². The number of hydrogen-bond acceptors (Lipinski definition) is 1. The fraction of sp³-hybridized carbons (Fsp3) is 0.154. The van der Waals surface area contributed by atoms with Crippen LogP contribution in [-0.4, -0.2) is 5.24 Å². The van der Waals surface area contributed by atoms with E-state index in [-0.39, 0.29) is 0 Å². The van der Waals surface area contributed by atoms with E-state index in [0.717, 1.165) is 24.0 Å². The average molecular weight is 221 g/mol. The highest BCUT2D eigenvalue weighted by Gasteiger charge is 2.05. The van der Waals surface area contributed by atoms with E-state index in [4.69, 9.17) is 11.6 Å². The van der Waals surface area contributed by atoms with Crippen molar-refractivity contribution in [1.82, 2.24) is 0 Å². The summed E-state index contributed by atoms with van der Waals surface area (Å²) in [5.74, 6) is 0. The molecule has 0 spiro atoms. The molecule has 1 aromatic carbocycles. The third kappa shape index (κ3) is 3.37. The zero-order valence-corrected chi connectivity index (χ0v) is 9.26. The van der Waals surface area contributed by atoms with E-state index in [9.17, 15) is 4.79 Å². The van der Waals surface area contributed by atoms with Crippen molar-refractivity contribution in [2.24, 2.45) is 0 Å². The Morgan fingerprint density at radius 2 is 1.60 bits per heavy atom. The second kappa shape index (κ2) is 5.52. The van der Waals surface area contributed by atoms with E-state index in [1.54, 1.807) is 24.3 Å². The summed E-state index contributed by atoms with van der Waals surface area (Å²) in [6, 6.07) is 5.62. The fourth-order valence-corrected chi connectivity index (χ4v) is 1.55. The summed E-state index contributed by atoms with van der Waals surface area (Å²) in [7, 11) is 0. The van der Waals surface area contributed by atoms with Crippen molar-refractivity contribution in [1.29, 1.82) is 0 Å². The van der Waals surface area contributed by atoms with E-state index in [2.05, 4.69) is 13.2 Å². The highest BCUT2D eigenvalue weighted by molar-refractivity contribution is 6.67. The van der Waals surface area contributed by atoms with Crippen molar-refractivity contribution in [2.75, 3.05) is 0 Å². The number of benzene rings is 1. The van der Waals surface area contributed by atoms with Crippen LogP contribution < -0.4 is 0 Å². The number of rotatable bonds is 5. The molecule has 0 radical (unpaired) electrons. The molecule has 0 aliphatic carbocycles. The normalized spacial score (nSPS) is 9.67. The predicted octanol–water partition coefficient (Wildman–Crippen LogP) is 3.52. The maximum Gasteiger partial charge on any atom is 0.252 e. The first-order valence-electron chi connectivity index (χ1n) is 4.72. The zero-order valence-electron chi connectivity index (χ0n) is 8.50. The van der Waals surface area contributed by atoms with Crippen molar-refractivity contribution in [2.45, 2.75) is 12.8 Å². The topological polar surface area (TPSA) is 17.1 Å². The molecule has 0 heterocycles. The highest BCUT2D eigenvalue weighted by Crippen LogP contribution is 2.14. The van der Waals surface area contributed by atoms with Crippen LogP contribution in [-0.2, 0) is 12.8 Å². The van der Waals surface area contributed by atoms with Gasteiger partial charge in [-0.2, -0.15) is 0 Å². The molecule has 0 saturated carbocycles. The minimum Gasteiger partial charge on any atom is -0.276 e. The Morgan fingerprint density at radius 1 is 1.13 bits per heavy atom. The van der Waals surface area contributed by atoms with Gasteiger partial charge in [-0.1, -0.05) is 18.2 Å². The SMILES string of the molecule is C=CCc1cc(CC=C)cc(C(=O)Cl)c1. The minimum atomic E-state index is -0.425. The van der Waals surface area contributed by atoms with Crippen LogP contribution in [0, 0.1) is 0 Å². The molecule has 0 fully saturated rings. The van der Waals surface area contributed by atoms with Gasteiger partial charge in [-0.25, -0.2) is 0 Å². The van der Waals surface area contributed by atoms with Gasteiger partial charge in [-0.3, -0.25) is 4.79 Å². The van der Waals surface area contributed by atoms with Gasteiger partial charge in [-0.15, -0.1) is 13.2 Å². The van der Waals surface area contributed by atoms with Crippen LogP contribution in [0.15, 0.2) is 43.5 Å². The van der Waals surface area contributed by atoms with Crippen molar-refractivity contribution in [3.63, 3.8) is 0 Å². The summed E-state index contributed by atoms with van der Waals surface area (Å²) < 4.78 is 0. The van der Waals surface area contributed by atoms with E-state index >= 15 is 0 Å². The van der Waals surface area contributed by atoms with E-state index < -0.39 is 5.24 Å². The Bertz CT molecular complexity index is 365. The maximum absolute atomic E-state index is 11.1. The first kappa shape index (κ1) is 11.7. The number of hydrogen-bond donors (Lipinski definition) is 0. The minimum absolute atomic E-state index is 0.425. The summed E-state index contributed by atoms with van der Waals surface area (Å²) in [5, 5.41) is -0.425. The third-order valence-corrected chi connectivity index (χ3v) is 2.26. The molecule has 1 rings (SSSR count). The van der Waals surface area contributed by atoms with Gasteiger partial charge in [0.05, 0.1) is 0 Å². The smallest absolute Gasteiger partial charge is 0.252 e. The van der Waals surface area contributed by atoms with E-state index in [0.29, 0.717) is 5.56 Å². The molecule has 0 amide bonds. The van der Waals surface area contributed by atoms with Crippen molar-refractivity contribution < 1.29 is 4.79 Å². The number of carbonyl (C=O) groups excluding carboxylic acids is 1. The van der Waals surface area contributed by atoms with Crippen LogP contribution in [0.1, 0.15) is 21.5 Å². The van der Waals surface area contributed by atoms with E-state index in [1.807, 2.05) is 6.07 Å². The van der Waals surface area contributed by atoms with Crippen LogP contribution in [0.25, 0.3) is 0 Å². The lowest BCUT2D eigenvalue weighted by atomic mass is 10.0. The molecule has 78 valence electrons. The lowest BCUT2D eigenvalue weighted by molar-refractivity contribution is 0.108. The molecule has 2 heteroatoms. The molecule has 0 aromatic heterocycles. The van der Waals surface area contributed by atoms with Crippen molar-refractivity contribution >= 4 is 16.8 Å². The molecule has 0 aliphatic rings. The van der Waals surface area contributed by atoms with Gasteiger partial charge in [-0.05, 0) is 47.7 Å². The largest absolute Gasteiger partial charge is 0.276 e. The number of allylic oxidation sites excluding steroid dienone is 2.